The third-order valence-corrected chi connectivity index (χ3v) is 14.6. The van der Waals surface area contributed by atoms with Gasteiger partial charge in [-0.1, -0.05) is 51.4 Å². The minimum atomic E-state index is -3.32. The molecule has 0 aromatic carbocycles. The molecular weight excluding hydrogens is 324 g/mol. The first-order valence-corrected chi connectivity index (χ1v) is 14.1. The van der Waals surface area contributed by atoms with E-state index in [-0.39, 0.29) is 0 Å². The van der Waals surface area contributed by atoms with Crippen molar-refractivity contribution in [2.24, 2.45) is 23.7 Å². The van der Waals surface area contributed by atoms with Crippen LogP contribution in [0.3, 0.4) is 0 Å². The average Bonchev–Trinajstić information content (AvgIpc) is 3.08. The Morgan fingerprint density at radius 1 is 0.739 bits per heavy atom. The van der Waals surface area contributed by atoms with Crippen LogP contribution in [0.5, 0.6) is 0 Å². The summed E-state index contributed by atoms with van der Waals surface area (Å²) in [5.41, 5.74) is 0.648. The quantitative estimate of drug-likeness (QED) is 0.689. The Balaban J connectivity index is 1.71. The van der Waals surface area contributed by atoms with Gasteiger partial charge in [-0.2, -0.15) is 0 Å². The highest BCUT2D eigenvalue weighted by Gasteiger charge is 2.61. The molecule has 0 N–H and O–H groups in total. The van der Waals surface area contributed by atoms with Crippen molar-refractivity contribution in [2.75, 3.05) is 6.26 Å². The average molecular weight is 357 g/mol. The molecule has 5 heteroatoms. The van der Waals surface area contributed by atoms with E-state index in [4.69, 9.17) is 3.87 Å². The Kier molecular flexibility index (Phi) is 4.42. The fourth-order valence-corrected chi connectivity index (χ4v) is 15.7. The first-order valence-electron chi connectivity index (χ1n) is 9.91. The molecule has 3 saturated carbocycles. The van der Waals surface area contributed by atoms with Gasteiger partial charge in [0.25, 0.3) is 10.1 Å². The third-order valence-electron chi connectivity index (χ3n) is 7.60. The molecule has 0 spiro atoms. The van der Waals surface area contributed by atoms with E-state index in [1.807, 2.05) is 0 Å². The van der Waals surface area contributed by atoms with Gasteiger partial charge in [-0.05, 0) is 54.1 Å². The van der Waals surface area contributed by atoms with Crippen LogP contribution < -0.4 is 0 Å². The summed E-state index contributed by atoms with van der Waals surface area (Å²) in [6.07, 6.45) is 14.7. The normalized spacial score (nSPS) is 43.1. The van der Waals surface area contributed by atoms with Crippen molar-refractivity contribution in [1.29, 1.82) is 0 Å². The van der Waals surface area contributed by atoms with E-state index in [0.29, 0.717) is 5.54 Å². The van der Waals surface area contributed by atoms with Crippen molar-refractivity contribution in [3.8, 4) is 0 Å². The molecule has 4 aliphatic rings. The number of hydrogen-bond acceptors (Lipinski definition) is 3. The Morgan fingerprint density at radius 2 is 1.17 bits per heavy atom. The van der Waals surface area contributed by atoms with Crippen LogP contribution in [0.4, 0.5) is 0 Å². The van der Waals surface area contributed by atoms with Crippen LogP contribution in [0.2, 0.25) is 17.6 Å². The first-order chi connectivity index (χ1) is 11.0. The van der Waals surface area contributed by atoms with Gasteiger partial charge < -0.3 is 3.87 Å². The van der Waals surface area contributed by atoms with Crippen LogP contribution in [0.1, 0.15) is 64.2 Å². The SMILES string of the molecule is CS(=O)(=O)O[Si]1(C2C3CCCCC3C3CCCCC32)CCCC1. The molecule has 0 radical (unpaired) electrons. The smallest absolute Gasteiger partial charge is 0.254 e. The summed E-state index contributed by atoms with van der Waals surface area (Å²) in [5.74, 6) is 3.38. The second-order valence-corrected chi connectivity index (χ2v) is 14.7. The van der Waals surface area contributed by atoms with Gasteiger partial charge in [0.15, 0.2) is 0 Å². The summed E-state index contributed by atoms with van der Waals surface area (Å²) in [4.78, 5) is 0. The lowest BCUT2D eigenvalue weighted by atomic mass is 9.73. The van der Waals surface area contributed by atoms with Crippen molar-refractivity contribution in [2.45, 2.75) is 81.8 Å². The fraction of sp³-hybridized carbons (Fsp3) is 1.00. The zero-order chi connectivity index (χ0) is 16.1. The van der Waals surface area contributed by atoms with Gasteiger partial charge in [0.05, 0.1) is 6.26 Å². The van der Waals surface area contributed by atoms with Crippen molar-refractivity contribution >= 4 is 18.4 Å². The summed E-state index contributed by atoms with van der Waals surface area (Å²) in [6.45, 7) is 0. The number of hydrogen-bond donors (Lipinski definition) is 0. The van der Waals surface area contributed by atoms with Crippen molar-refractivity contribution in [1.82, 2.24) is 0 Å². The van der Waals surface area contributed by atoms with Crippen molar-refractivity contribution < 1.29 is 12.3 Å². The van der Waals surface area contributed by atoms with E-state index in [2.05, 4.69) is 0 Å². The Hall–Kier alpha value is 0.127. The lowest BCUT2D eigenvalue weighted by Gasteiger charge is -2.41. The van der Waals surface area contributed by atoms with Crippen LogP contribution in [0.15, 0.2) is 0 Å². The van der Waals surface area contributed by atoms with Gasteiger partial charge in [-0.25, -0.2) is 8.42 Å². The summed E-state index contributed by atoms with van der Waals surface area (Å²) < 4.78 is 30.2. The summed E-state index contributed by atoms with van der Waals surface area (Å²) in [7, 11) is -5.46. The molecule has 3 nitrogen and oxygen atoms in total. The van der Waals surface area contributed by atoms with Crippen molar-refractivity contribution in [3.05, 3.63) is 0 Å². The van der Waals surface area contributed by atoms with Gasteiger partial charge in [0.2, 0.25) is 8.32 Å². The van der Waals surface area contributed by atoms with Crippen LogP contribution in [-0.2, 0) is 14.0 Å². The van der Waals surface area contributed by atoms with Gasteiger partial charge in [-0.3, -0.25) is 0 Å². The lowest BCUT2D eigenvalue weighted by Crippen LogP contribution is -2.46. The number of fused-ring (bicyclic) bond motifs is 3. The van der Waals surface area contributed by atoms with E-state index >= 15 is 0 Å². The summed E-state index contributed by atoms with van der Waals surface area (Å²) in [5, 5.41) is 0. The second-order valence-electron chi connectivity index (χ2n) is 8.81. The molecule has 4 fully saturated rings. The van der Waals surface area contributed by atoms with Gasteiger partial charge in [-0.15, -0.1) is 0 Å². The Bertz CT molecular complexity index is 518. The topological polar surface area (TPSA) is 43.4 Å². The molecule has 0 aromatic rings. The molecule has 4 atom stereocenters. The van der Waals surface area contributed by atoms with Crippen molar-refractivity contribution in [3.63, 3.8) is 0 Å². The molecule has 0 aromatic heterocycles. The second kappa shape index (κ2) is 6.13. The fourth-order valence-electron chi connectivity index (χ4n) is 7.18. The van der Waals surface area contributed by atoms with E-state index in [1.165, 1.54) is 70.5 Å². The maximum atomic E-state index is 12.1. The predicted molar refractivity (Wildman–Crippen MR) is 95.2 cm³/mol. The van der Waals surface area contributed by atoms with Crippen LogP contribution in [0.25, 0.3) is 0 Å². The predicted octanol–water partition coefficient (Wildman–Crippen LogP) is 4.70. The van der Waals surface area contributed by atoms with Crippen LogP contribution in [0, 0.1) is 23.7 Å². The molecular formula is C18H32O3SSi. The Labute approximate surface area is 142 Å². The van der Waals surface area contributed by atoms with Crippen LogP contribution in [-0.4, -0.2) is 23.0 Å². The minimum absolute atomic E-state index is 0.648. The van der Waals surface area contributed by atoms with Gasteiger partial charge in [0, 0.05) is 0 Å². The molecule has 4 unspecified atom stereocenters. The van der Waals surface area contributed by atoms with Gasteiger partial charge in [0.1, 0.15) is 0 Å². The van der Waals surface area contributed by atoms with E-state index in [1.54, 1.807) is 0 Å². The lowest BCUT2D eigenvalue weighted by molar-refractivity contribution is 0.184. The molecule has 3 aliphatic carbocycles. The third kappa shape index (κ3) is 2.95. The highest BCUT2D eigenvalue weighted by molar-refractivity contribution is 7.87. The molecule has 0 amide bonds. The zero-order valence-corrected chi connectivity index (χ0v) is 16.3. The van der Waals surface area contributed by atoms with Gasteiger partial charge >= 0.3 is 0 Å². The van der Waals surface area contributed by atoms with E-state index < -0.39 is 18.4 Å². The van der Waals surface area contributed by atoms with Crippen LogP contribution >= 0.6 is 0 Å². The summed E-state index contributed by atoms with van der Waals surface area (Å²) in [6, 6.07) is 2.22. The molecule has 1 heterocycles. The summed E-state index contributed by atoms with van der Waals surface area (Å²) >= 11 is 0. The highest BCUT2D eigenvalue weighted by Crippen LogP contribution is 2.65. The standard InChI is InChI=1S/C18H32O3SSi/c1-22(19,20)21-23(12-6-7-13-23)18-16-10-4-2-8-14(16)15-9-3-5-11-17(15)18/h14-18H,2-13H2,1H3. The zero-order valence-electron chi connectivity index (χ0n) is 14.5. The minimum Gasteiger partial charge on any atom is -0.315 e. The van der Waals surface area contributed by atoms with E-state index in [0.717, 1.165) is 35.8 Å². The molecule has 1 aliphatic heterocycles. The first kappa shape index (κ1) is 16.6. The van der Waals surface area contributed by atoms with E-state index in [9.17, 15) is 8.42 Å². The molecule has 132 valence electrons. The maximum absolute atomic E-state index is 12.1. The maximum Gasteiger partial charge on any atom is 0.254 e. The molecule has 23 heavy (non-hydrogen) atoms. The monoisotopic (exact) mass is 356 g/mol. The molecule has 4 rings (SSSR count). The molecule has 0 bridgehead atoms. The number of rotatable bonds is 3. The molecule has 1 saturated heterocycles. The largest absolute Gasteiger partial charge is 0.315 e. The Morgan fingerprint density at radius 3 is 1.61 bits per heavy atom. The highest BCUT2D eigenvalue weighted by atomic mass is 32.2.